The van der Waals surface area contributed by atoms with Crippen molar-refractivity contribution < 1.29 is 9.18 Å². The smallest absolute Gasteiger partial charge is 0.167 e. The van der Waals surface area contributed by atoms with Crippen LogP contribution in [-0.4, -0.2) is 5.78 Å². The minimum atomic E-state index is -0.551. The van der Waals surface area contributed by atoms with Crippen molar-refractivity contribution in [3.63, 3.8) is 0 Å². The molecule has 0 aliphatic carbocycles. The van der Waals surface area contributed by atoms with E-state index in [1.165, 1.54) is 12.1 Å². The van der Waals surface area contributed by atoms with Crippen LogP contribution in [0.1, 0.15) is 21.5 Å². The first-order valence-electron chi connectivity index (χ1n) is 5.70. The van der Waals surface area contributed by atoms with Gasteiger partial charge in [0, 0.05) is 12.0 Å². The Morgan fingerprint density at radius 1 is 1.17 bits per heavy atom. The van der Waals surface area contributed by atoms with Crippen molar-refractivity contribution in [1.82, 2.24) is 0 Å². The fraction of sp³-hybridized carbons (Fsp3) is 0.133. The zero-order valence-electron chi connectivity index (χ0n) is 10.1. The normalized spacial score (nSPS) is 10.3. The maximum absolute atomic E-state index is 13.3. The van der Waals surface area contributed by atoms with Gasteiger partial charge in [0.05, 0.1) is 5.69 Å². The molecule has 0 aliphatic rings. The lowest BCUT2D eigenvalue weighted by Gasteiger charge is -2.03. The zero-order valence-corrected chi connectivity index (χ0v) is 10.1. The first-order chi connectivity index (χ1) is 8.56. The quantitative estimate of drug-likeness (QED) is 0.664. The third-order valence-electron chi connectivity index (χ3n) is 2.81. The third-order valence-corrected chi connectivity index (χ3v) is 2.81. The summed E-state index contributed by atoms with van der Waals surface area (Å²) in [6.07, 6.45) is 0.267. The van der Waals surface area contributed by atoms with Gasteiger partial charge in [-0.25, -0.2) is 4.39 Å². The average molecular weight is 243 g/mol. The van der Waals surface area contributed by atoms with E-state index in [2.05, 4.69) is 0 Å². The second-order valence-corrected chi connectivity index (χ2v) is 4.32. The van der Waals surface area contributed by atoms with E-state index in [0.717, 1.165) is 11.1 Å². The van der Waals surface area contributed by atoms with Gasteiger partial charge in [0.1, 0.15) is 5.82 Å². The number of benzene rings is 2. The highest BCUT2D eigenvalue weighted by Gasteiger charge is 2.09. The van der Waals surface area contributed by atoms with Crippen LogP contribution in [0, 0.1) is 12.7 Å². The fourth-order valence-electron chi connectivity index (χ4n) is 1.69. The molecule has 2 aromatic rings. The van der Waals surface area contributed by atoms with E-state index in [9.17, 15) is 9.18 Å². The van der Waals surface area contributed by atoms with Gasteiger partial charge in [0.2, 0.25) is 0 Å². The van der Waals surface area contributed by atoms with Gasteiger partial charge >= 0.3 is 0 Å². The predicted octanol–water partition coefficient (Wildman–Crippen LogP) is 3.14. The molecule has 2 aromatic carbocycles. The lowest BCUT2D eigenvalue weighted by Crippen LogP contribution is -2.05. The van der Waals surface area contributed by atoms with Crippen molar-refractivity contribution >= 4 is 11.5 Å². The molecule has 18 heavy (non-hydrogen) atoms. The van der Waals surface area contributed by atoms with Crippen molar-refractivity contribution in [1.29, 1.82) is 0 Å². The minimum absolute atomic E-state index is 0.0573. The van der Waals surface area contributed by atoms with Crippen molar-refractivity contribution in [3.05, 3.63) is 65.0 Å². The molecule has 2 N–H and O–H groups in total. The molecule has 0 bridgehead atoms. The van der Waals surface area contributed by atoms with Crippen LogP contribution in [0.25, 0.3) is 0 Å². The van der Waals surface area contributed by atoms with Crippen LogP contribution < -0.4 is 5.73 Å². The highest BCUT2D eigenvalue weighted by molar-refractivity contribution is 5.97. The molecule has 0 saturated heterocycles. The Morgan fingerprint density at radius 3 is 2.44 bits per heavy atom. The highest BCUT2D eigenvalue weighted by Crippen LogP contribution is 2.14. The average Bonchev–Trinajstić information content (AvgIpc) is 2.35. The van der Waals surface area contributed by atoms with E-state index < -0.39 is 5.82 Å². The molecule has 92 valence electrons. The molecule has 0 aromatic heterocycles. The molecular formula is C15H14FNO. The van der Waals surface area contributed by atoms with Gasteiger partial charge in [-0.1, -0.05) is 29.8 Å². The number of nitrogen functional groups attached to an aromatic ring is 1. The Hall–Kier alpha value is -2.16. The van der Waals surface area contributed by atoms with E-state index in [1.807, 2.05) is 31.2 Å². The summed E-state index contributed by atoms with van der Waals surface area (Å²) in [5, 5.41) is 0. The van der Waals surface area contributed by atoms with E-state index in [-0.39, 0.29) is 17.9 Å². The Bertz CT molecular complexity index is 576. The first-order valence-corrected chi connectivity index (χ1v) is 5.70. The molecular weight excluding hydrogens is 229 g/mol. The number of nitrogens with two attached hydrogens (primary N) is 1. The van der Waals surface area contributed by atoms with Crippen LogP contribution >= 0.6 is 0 Å². The number of carbonyl (C=O) groups excluding carboxylic acids is 1. The number of halogens is 1. The number of hydrogen-bond acceptors (Lipinski definition) is 2. The van der Waals surface area contributed by atoms with Gasteiger partial charge in [-0.2, -0.15) is 0 Å². The SMILES string of the molecule is Cc1ccc(CC(=O)c2ccc(N)c(F)c2)cc1. The molecule has 3 heteroatoms. The predicted molar refractivity (Wildman–Crippen MR) is 70.0 cm³/mol. The summed E-state index contributed by atoms with van der Waals surface area (Å²) in [6.45, 7) is 1.99. The fourth-order valence-corrected chi connectivity index (χ4v) is 1.69. The van der Waals surface area contributed by atoms with E-state index >= 15 is 0 Å². The van der Waals surface area contributed by atoms with Crippen LogP contribution in [0.5, 0.6) is 0 Å². The second-order valence-electron chi connectivity index (χ2n) is 4.32. The summed E-state index contributed by atoms with van der Waals surface area (Å²) in [5.74, 6) is -0.664. The molecule has 0 heterocycles. The minimum Gasteiger partial charge on any atom is -0.396 e. The summed E-state index contributed by atoms with van der Waals surface area (Å²) in [5.41, 5.74) is 7.84. The van der Waals surface area contributed by atoms with Gasteiger partial charge in [0.15, 0.2) is 5.78 Å². The Kier molecular flexibility index (Phi) is 3.42. The molecule has 0 radical (unpaired) electrons. The van der Waals surface area contributed by atoms with Crippen LogP contribution in [0.15, 0.2) is 42.5 Å². The van der Waals surface area contributed by atoms with Crippen molar-refractivity contribution in [2.75, 3.05) is 5.73 Å². The molecule has 0 saturated carbocycles. The van der Waals surface area contributed by atoms with E-state index in [1.54, 1.807) is 6.07 Å². The molecule has 0 aliphatic heterocycles. The highest BCUT2D eigenvalue weighted by atomic mass is 19.1. The number of rotatable bonds is 3. The second kappa shape index (κ2) is 5.00. The van der Waals surface area contributed by atoms with Gasteiger partial charge in [-0.3, -0.25) is 4.79 Å². The van der Waals surface area contributed by atoms with Crippen molar-refractivity contribution in [2.45, 2.75) is 13.3 Å². The van der Waals surface area contributed by atoms with Crippen molar-refractivity contribution in [3.8, 4) is 0 Å². The van der Waals surface area contributed by atoms with Crippen molar-refractivity contribution in [2.24, 2.45) is 0 Å². The van der Waals surface area contributed by atoms with Gasteiger partial charge in [0.25, 0.3) is 0 Å². The Morgan fingerprint density at radius 2 is 1.83 bits per heavy atom. The van der Waals surface area contributed by atoms with Crippen LogP contribution in [0.2, 0.25) is 0 Å². The summed E-state index contributed by atoms with van der Waals surface area (Å²) in [6, 6.07) is 11.9. The van der Waals surface area contributed by atoms with E-state index in [4.69, 9.17) is 5.73 Å². The van der Waals surface area contributed by atoms with Crippen LogP contribution in [0.3, 0.4) is 0 Å². The summed E-state index contributed by atoms with van der Waals surface area (Å²) >= 11 is 0. The number of aryl methyl sites for hydroxylation is 1. The molecule has 0 fully saturated rings. The van der Waals surface area contributed by atoms with Gasteiger partial charge < -0.3 is 5.73 Å². The lowest BCUT2D eigenvalue weighted by atomic mass is 10.0. The van der Waals surface area contributed by atoms with Gasteiger partial charge in [-0.05, 0) is 30.7 Å². The molecule has 0 spiro atoms. The summed E-state index contributed by atoms with van der Waals surface area (Å²) < 4.78 is 13.3. The third kappa shape index (κ3) is 2.74. The van der Waals surface area contributed by atoms with Crippen LogP contribution in [0.4, 0.5) is 10.1 Å². The number of ketones is 1. The molecule has 2 nitrogen and oxygen atoms in total. The number of Topliss-reactive ketones (excluding diaryl/α,β-unsaturated/α-hetero) is 1. The molecule has 0 amide bonds. The number of carbonyl (C=O) groups is 1. The van der Waals surface area contributed by atoms with Crippen LogP contribution in [-0.2, 0) is 6.42 Å². The monoisotopic (exact) mass is 243 g/mol. The zero-order chi connectivity index (χ0) is 13.1. The maximum Gasteiger partial charge on any atom is 0.167 e. The van der Waals surface area contributed by atoms with E-state index in [0.29, 0.717) is 5.56 Å². The molecule has 2 rings (SSSR count). The Balaban J connectivity index is 2.16. The molecule has 0 atom stereocenters. The van der Waals surface area contributed by atoms with Gasteiger partial charge in [-0.15, -0.1) is 0 Å². The Labute approximate surface area is 105 Å². The maximum atomic E-state index is 13.3. The summed E-state index contributed by atoms with van der Waals surface area (Å²) in [7, 11) is 0. The summed E-state index contributed by atoms with van der Waals surface area (Å²) in [4.78, 5) is 12.0. The standard InChI is InChI=1S/C15H14FNO/c1-10-2-4-11(5-3-10)8-15(18)12-6-7-14(17)13(16)9-12/h2-7,9H,8,17H2,1H3. The molecule has 0 unspecified atom stereocenters. The first kappa shape index (κ1) is 12.3. The number of hydrogen-bond donors (Lipinski definition) is 1. The lowest BCUT2D eigenvalue weighted by molar-refractivity contribution is 0.0992. The number of anilines is 1. The topological polar surface area (TPSA) is 43.1 Å². The largest absolute Gasteiger partial charge is 0.396 e.